The van der Waals surface area contributed by atoms with E-state index in [0.29, 0.717) is 23.7 Å². The third kappa shape index (κ3) is 6.24. The number of carbonyl (C=O) groups excluding carboxylic acids is 2. The second kappa shape index (κ2) is 10.8. The van der Waals surface area contributed by atoms with Crippen molar-refractivity contribution in [1.29, 1.82) is 0 Å². The van der Waals surface area contributed by atoms with Gasteiger partial charge in [0.15, 0.2) is 0 Å². The van der Waals surface area contributed by atoms with E-state index in [1.807, 2.05) is 30.3 Å². The molecule has 188 valence electrons. The summed E-state index contributed by atoms with van der Waals surface area (Å²) in [5, 5.41) is 5.57. The van der Waals surface area contributed by atoms with Crippen molar-refractivity contribution in [3.63, 3.8) is 0 Å². The van der Waals surface area contributed by atoms with E-state index in [9.17, 15) is 22.8 Å². The molecule has 3 aromatic carbocycles. The van der Waals surface area contributed by atoms with E-state index < -0.39 is 17.6 Å². The fourth-order valence-corrected chi connectivity index (χ4v) is 4.23. The quantitative estimate of drug-likeness (QED) is 0.433. The van der Waals surface area contributed by atoms with Crippen LogP contribution in [0.3, 0.4) is 0 Å². The van der Waals surface area contributed by atoms with Crippen LogP contribution in [0.5, 0.6) is 0 Å². The second-order valence-electron chi connectivity index (χ2n) is 9.10. The van der Waals surface area contributed by atoms with Gasteiger partial charge < -0.3 is 15.5 Å². The molecule has 36 heavy (non-hydrogen) atoms. The van der Waals surface area contributed by atoms with Crippen LogP contribution >= 0.6 is 0 Å². The van der Waals surface area contributed by atoms with Crippen molar-refractivity contribution < 1.29 is 22.8 Å². The van der Waals surface area contributed by atoms with Crippen LogP contribution in [0.25, 0.3) is 0 Å². The fraction of sp³-hybridized carbons (Fsp3) is 0.286. The Labute approximate surface area is 208 Å². The zero-order valence-corrected chi connectivity index (χ0v) is 19.9. The van der Waals surface area contributed by atoms with Crippen LogP contribution in [0.15, 0.2) is 72.8 Å². The van der Waals surface area contributed by atoms with E-state index in [0.717, 1.165) is 49.3 Å². The third-order valence-corrected chi connectivity index (χ3v) is 6.37. The number of hydrogen-bond donors (Lipinski definition) is 2. The van der Waals surface area contributed by atoms with Crippen LogP contribution in [0.4, 0.5) is 24.5 Å². The molecule has 0 bridgehead atoms. The minimum atomic E-state index is -4.55. The molecular formula is C28H28F3N3O2. The fourth-order valence-electron chi connectivity index (χ4n) is 4.23. The molecule has 2 amide bonds. The summed E-state index contributed by atoms with van der Waals surface area (Å²) in [6.07, 6.45) is -2.52. The summed E-state index contributed by atoms with van der Waals surface area (Å²) < 4.78 is 39.2. The Balaban J connectivity index is 1.57. The van der Waals surface area contributed by atoms with Gasteiger partial charge in [-0.2, -0.15) is 13.2 Å². The van der Waals surface area contributed by atoms with Gasteiger partial charge in [0.1, 0.15) is 0 Å². The highest BCUT2D eigenvalue weighted by Crippen LogP contribution is 2.31. The molecule has 0 radical (unpaired) electrons. The van der Waals surface area contributed by atoms with Crippen molar-refractivity contribution in [2.45, 2.75) is 32.5 Å². The lowest BCUT2D eigenvalue weighted by molar-refractivity contribution is -0.137. The number of carbonyl (C=O) groups is 2. The molecule has 0 spiro atoms. The molecule has 1 aliphatic rings. The van der Waals surface area contributed by atoms with Gasteiger partial charge in [-0.3, -0.25) is 9.59 Å². The second-order valence-corrected chi connectivity index (χ2v) is 9.10. The molecule has 3 aromatic rings. The molecule has 4 rings (SSSR count). The van der Waals surface area contributed by atoms with E-state index in [2.05, 4.69) is 22.5 Å². The topological polar surface area (TPSA) is 61.4 Å². The predicted molar refractivity (Wildman–Crippen MR) is 134 cm³/mol. The van der Waals surface area contributed by atoms with Gasteiger partial charge in [0.25, 0.3) is 11.8 Å². The largest absolute Gasteiger partial charge is 0.416 e. The number of anilines is 2. The minimum absolute atomic E-state index is 0.117. The number of halogens is 3. The first-order valence-corrected chi connectivity index (χ1v) is 11.9. The number of nitrogens with one attached hydrogen (secondary N) is 2. The van der Waals surface area contributed by atoms with Gasteiger partial charge in [-0.15, -0.1) is 0 Å². The molecular weight excluding hydrogens is 467 g/mol. The van der Waals surface area contributed by atoms with E-state index in [1.54, 1.807) is 18.2 Å². The van der Waals surface area contributed by atoms with Crippen LogP contribution in [0.1, 0.15) is 51.6 Å². The van der Waals surface area contributed by atoms with Crippen molar-refractivity contribution >= 4 is 23.2 Å². The first-order chi connectivity index (χ1) is 17.2. The summed E-state index contributed by atoms with van der Waals surface area (Å²) in [5.74, 6) is -0.360. The van der Waals surface area contributed by atoms with Gasteiger partial charge >= 0.3 is 6.18 Å². The summed E-state index contributed by atoms with van der Waals surface area (Å²) in [4.78, 5) is 28.1. The summed E-state index contributed by atoms with van der Waals surface area (Å²) in [7, 11) is 0. The average molecular weight is 496 g/mol. The first kappa shape index (κ1) is 25.3. The maximum atomic E-state index is 13.2. The lowest BCUT2D eigenvalue weighted by Gasteiger charge is -2.33. The Morgan fingerprint density at radius 2 is 1.64 bits per heavy atom. The molecule has 1 fully saturated rings. The lowest BCUT2D eigenvalue weighted by Crippen LogP contribution is -2.35. The standard InChI is InChI=1S/C28H28F3N3O2/c1-19-12-14-34(15-13-19)25-11-10-23(17-24(25)27(36)32-18-20-6-3-2-4-7-20)33-26(35)21-8-5-9-22(16-21)28(29,30)31/h2-11,16-17,19H,12-15,18H2,1H3,(H,32,36)(H,33,35). The van der Waals surface area contributed by atoms with Gasteiger partial charge in [0.2, 0.25) is 0 Å². The van der Waals surface area contributed by atoms with Gasteiger partial charge in [0, 0.05) is 36.6 Å². The van der Waals surface area contributed by atoms with Crippen LogP contribution in [-0.4, -0.2) is 24.9 Å². The number of benzene rings is 3. The molecule has 2 N–H and O–H groups in total. The monoisotopic (exact) mass is 495 g/mol. The number of nitrogens with zero attached hydrogens (tertiary/aromatic N) is 1. The molecule has 1 aliphatic heterocycles. The van der Waals surface area contributed by atoms with Crippen molar-refractivity contribution in [1.82, 2.24) is 5.32 Å². The Bertz CT molecular complexity index is 1220. The Morgan fingerprint density at radius 1 is 0.917 bits per heavy atom. The molecule has 0 unspecified atom stereocenters. The van der Waals surface area contributed by atoms with E-state index in [-0.39, 0.29) is 11.5 Å². The molecule has 0 aliphatic carbocycles. The number of rotatable bonds is 6. The minimum Gasteiger partial charge on any atom is -0.371 e. The smallest absolute Gasteiger partial charge is 0.371 e. The highest BCUT2D eigenvalue weighted by atomic mass is 19.4. The molecule has 5 nitrogen and oxygen atoms in total. The lowest BCUT2D eigenvalue weighted by atomic mass is 9.97. The van der Waals surface area contributed by atoms with Crippen molar-refractivity contribution in [3.8, 4) is 0 Å². The summed E-state index contributed by atoms with van der Waals surface area (Å²) in [6.45, 7) is 4.18. The molecule has 1 saturated heterocycles. The number of hydrogen-bond acceptors (Lipinski definition) is 3. The number of alkyl halides is 3. The summed E-state index contributed by atoms with van der Waals surface area (Å²) in [6, 6.07) is 18.8. The molecule has 1 heterocycles. The maximum Gasteiger partial charge on any atom is 0.416 e. The zero-order valence-electron chi connectivity index (χ0n) is 19.9. The molecule has 0 aromatic heterocycles. The highest BCUT2D eigenvalue weighted by molar-refractivity contribution is 6.06. The third-order valence-electron chi connectivity index (χ3n) is 6.37. The van der Waals surface area contributed by atoms with Gasteiger partial charge in [-0.05, 0) is 60.7 Å². The maximum absolute atomic E-state index is 13.2. The van der Waals surface area contributed by atoms with Gasteiger partial charge in [0.05, 0.1) is 11.1 Å². The normalized spacial score (nSPS) is 14.4. The highest BCUT2D eigenvalue weighted by Gasteiger charge is 2.31. The Hall–Kier alpha value is -3.81. The van der Waals surface area contributed by atoms with E-state index >= 15 is 0 Å². The van der Waals surface area contributed by atoms with Crippen LogP contribution < -0.4 is 15.5 Å². The first-order valence-electron chi connectivity index (χ1n) is 11.9. The zero-order chi connectivity index (χ0) is 25.7. The summed E-state index contributed by atoms with van der Waals surface area (Å²) >= 11 is 0. The molecule has 0 saturated carbocycles. The number of amides is 2. The predicted octanol–water partition coefficient (Wildman–Crippen LogP) is 6.12. The van der Waals surface area contributed by atoms with Crippen molar-refractivity contribution in [3.05, 3.63) is 95.1 Å². The van der Waals surface area contributed by atoms with Crippen molar-refractivity contribution in [2.24, 2.45) is 5.92 Å². The van der Waals surface area contributed by atoms with Crippen LogP contribution in [-0.2, 0) is 12.7 Å². The molecule has 0 atom stereocenters. The Kier molecular flexibility index (Phi) is 7.62. The van der Waals surface area contributed by atoms with E-state index in [4.69, 9.17) is 0 Å². The number of piperidine rings is 1. The van der Waals surface area contributed by atoms with Gasteiger partial charge in [-0.25, -0.2) is 0 Å². The summed E-state index contributed by atoms with van der Waals surface area (Å²) in [5.41, 5.74) is 1.44. The van der Waals surface area contributed by atoms with Crippen molar-refractivity contribution in [2.75, 3.05) is 23.3 Å². The SMILES string of the molecule is CC1CCN(c2ccc(NC(=O)c3cccc(C(F)(F)F)c3)cc2C(=O)NCc2ccccc2)CC1. The average Bonchev–Trinajstić information content (AvgIpc) is 2.88. The van der Waals surface area contributed by atoms with Crippen LogP contribution in [0.2, 0.25) is 0 Å². The Morgan fingerprint density at radius 3 is 2.33 bits per heavy atom. The van der Waals surface area contributed by atoms with E-state index in [1.165, 1.54) is 12.1 Å². The molecule has 8 heteroatoms. The van der Waals surface area contributed by atoms with Crippen LogP contribution in [0, 0.1) is 5.92 Å². The van der Waals surface area contributed by atoms with Gasteiger partial charge in [-0.1, -0.05) is 43.3 Å².